The molecule has 1 atom stereocenters. The molecule has 5 nitrogen and oxygen atoms in total. The van der Waals surface area contributed by atoms with E-state index in [1.807, 2.05) is 24.3 Å². The van der Waals surface area contributed by atoms with Gasteiger partial charge in [0.25, 0.3) is 0 Å². The molecule has 0 aliphatic carbocycles. The Bertz CT molecular complexity index is 515. The molecule has 5 heteroatoms. The van der Waals surface area contributed by atoms with Crippen LogP contribution in [0.1, 0.15) is 31.7 Å². The van der Waals surface area contributed by atoms with Gasteiger partial charge in [-0.3, -0.25) is 9.59 Å². The number of carbonyl (C=O) groups excluding carboxylic acids is 2. The molecule has 0 spiro atoms. The summed E-state index contributed by atoms with van der Waals surface area (Å²) < 4.78 is 4.82. The summed E-state index contributed by atoms with van der Waals surface area (Å²) in [6, 6.07) is 7.71. The smallest absolute Gasteiger partial charge is 0.308 e. The molecule has 0 saturated carbocycles. The first-order chi connectivity index (χ1) is 10.1. The third-order valence-corrected chi connectivity index (χ3v) is 3.52. The number of hydrogen-bond acceptors (Lipinski definition) is 4. The Morgan fingerprint density at radius 1 is 1.38 bits per heavy atom. The number of esters is 1. The number of nitrogens with zero attached hydrogens (tertiary/aromatic N) is 1. The van der Waals surface area contributed by atoms with Crippen molar-refractivity contribution in [1.82, 2.24) is 0 Å². The molecule has 1 aliphatic heterocycles. The standard InChI is InChI=1S/C16H21NO4/c1-2-21-16(20)10-13(18)11-17-14-8-4-3-6-12(14)7-5-9-15(17)19/h3-4,6,8,13,18H,2,5,7,9-11H2,1H3. The predicted molar refractivity (Wildman–Crippen MR) is 79.0 cm³/mol. The fraction of sp³-hybridized carbons (Fsp3) is 0.500. The minimum atomic E-state index is -0.917. The monoisotopic (exact) mass is 291 g/mol. The molecule has 1 aromatic carbocycles. The number of benzene rings is 1. The number of para-hydroxylation sites is 1. The van der Waals surface area contributed by atoms with Gasteiger partial charge in [0.15, 0.2) is 0 Å². The van der Waals surface area contributed by atoms with Crippen LogP contribution in [0.25, 0.3) is 0 Å². The Morgan fingerprint density at radius 3 is 2.90 bits per heavy atom. The van der Waals surface area contributed by atoms with Crippen molar-refractivity contribution in [2.75, 3.05) is 18.1 Å². The SMILES string of the molecule is CCOC(=O)CC(O)CN1C(=O)CCCc2ccccc21. The molecule has 1 aromatic rings. The van der Waals surface area contributed by atoms with Crippen LogP contribution in [-0.4, -0.2) is 36.2 Å². The Hall–Kier alpha value is -1.88. The number of aryl methyl sites for hydroxylation is 1. The molecule has 0 fully saturated rings. The van der Waals surface area contributed by atoms with Gasteiger partial charge < -0.3 is 14.7 Å². The minimum Gasteiger partial charge on any atom is -0.466 e. The van der Waals surface area contributed by atoms with E-state index < -0.39 is 12.1 Å². The van der Waals surface area contributed by atoms with E-state index >= 15 is 0 Å². The third-order valence-electron chi connectivity index (χ3n) is 3.52. The molecule has 1 unspecified atom stereocenters. The van der Waals surface area contributed by atoms with Gasteiger partial charge in [0, 0.05) is 12.1 Å². The highest BCUT2D eigenvalue weighted by molar-refractivity contribution is 5.95. The van der Waals surface area contributed by atoms with E-state index in [1.54, 1.807) is 11.8 Å². The number of β-amino-alcohol motifs (C(OH)–C–C–N with tert-alkyl or cyclic N) is 1. The molecular weight excluding hydrogens is 270 g/mol. The average Bonchev–Trinajstić information content (AvgIpc) is 2.59. The molecule has 1 amide bonds. The summed E-state index contributed by atoms with van der Waals surface area (Å²) >= 11 is 0. The summed E-state index contributed by atoms with van der Waals surface area (Å²) in [7, 11) is 0. The summed E-state index contributed by atoms with van der Waals surface area (Å²) in [5.74, 6) is -0.455. The van der Waals surface area contributed by atoms with Crippen molar-refractivity contribution >= 4 is 17.6 Å². The average molecular weight is 291 g/mol. The number of aliphatic hydroxyl groups is 1. The van der Waals surface area contributed by atoms with Crippen molar-refractivity contribution in [3.63, 3.8) is 0 Å². The third kappa shape index (κ3) is 4.04. The maximum atomic E-state index is 12.2. The van der Waals surface area contributed by atoms with Crippen LogP contribution < -0.4 is 4.90 Å². The van der Waals surface area contributed by atoms with Gasteiger partial charge in [0.05, 0.1) is 25.7 Å². The molecule has 1 N–H and O–H groups in total. The maximum absolute atomic E-state index is 12.2. The van der Waals surface area contributed by atoms with E-state index in [0.29, 0.717) is 6.42 Å². The van der Waals surface area contributed by atoms with E-state index in [4.69, 9.17) is 4.74 Å². The van der Waals surface area contributed by atoms with Gasteiger partial charge >= 0.3 is 5.97 Å². The molecular formula is C16H21NO4. The normalized spacial score (nSPS) is 16.1. The number of rotatable bonds is 5. The van der Waals surface area contributed by atoms with Gasteiger partial charge in [-0.15, -0.1) is 0 Å². The lowest BCUT2D eigenvalue weighted by Crippen LogP contribution is -2.38. The van der Waals surface area contributed by atoms with Crippen molar-refractivity contribution in [3.8, 4) is 0 Å². The number of hydrogen-bond donors (Lipinski definition) is 1. The first-order valence-electron chi connectivity index (χ1n) is 7.33. The Kier molecular flexibility index (Phi) is 5.33. The molecule has 114 valence electrons. The lowest BCUT2D eigenvalue weighted by atomic mass is 10.1. The zero-order valence-electron chi connectivity index (χ0n) is 12.2. The van der Waals surface area contributed by atoms with Crippen LogP contribution in [0.5, 0.6) is 0 Å². The van der Waals surface area contributed by atoms with Crippen LogP contribution in [0.2, 0.25) is 0 Å². The van der Waals surface area contributed by atoms with Crippen LogP contribution in [0, 0.1) is 0 Å². The van der Waals surface area contributed by atoms with Gasteiger partial charge in [0.2, 0.25) is 5.91 Å². The zero-order chi connectivity index (χ0) is 15.2. The fourth-order valence-corrected chi connectivity index (χ4v) is 2.57. The molecule has 0 saturated heterocycles. The summed E-state index contributed by atoms with van der Waals surface area (Å²) in [6.45, 7) is 2.13. The zero-order valence-corrected chi connectivity index (χ0v) is 12.2. The van der Waals surface area contributed by atoms with Crippen LogP contribution in [0.15, 0.2) is 24.3 Å². The maximum Gasteiger partial charge on any atom is 0.308 e. The largest absolute Gasteiger partial charge is 0.466 e. The van der Waals surface area contributed by atoms with Crippen molar-refractivity contribution in [2.24, 2.45) is 0 Å². The summed E-state index contributed by atoms with van der Waals surface area (Å²) in [4.78, 5) is 25.2. The Balaban J connectivity index is 2.10. The molecule has 0 aromatic heterocycles. The molecule has 0 bridgehead atoms. The van der Waals surface area contributed by atoms with Crippen molar-refractivity contribution in [3.05, 3.63) is 29.8 Å². The summed E-state index contributed by atoms with van der Waals surface area (Å²) in [5.41, 5.74) is 1.94. The number of carbonyl (C=O) groups is 2. The van der Waals surface area contributed by atoms with E-state index in [0.717, 1.165) is 24.1 Å². The van der Waals surface area contributed by atoms with E-state index in [9.17, 15) is 14.7 Å². The molecule has 0 radical (unpaired) electrons. The quantitative estimate of drug-likeness (QED) is 0.838. The second-order valence-electron chi connectivity index (χ2n) is 5.15. The highest BCUT2D eigenvalue weighted by Crippen LogP contribution is 2.27. The van der Waals surface area contributed by atoms with Gasteiger partial charge in [-0.05, 0) is 31.4 Å². The van der Waals surface area contributed by atoms with Crippen LogP contribution in [-0.2, 0) is 20.7 Å². The van der Waals surface area contributed by atoms with Crippen LogP contribution in [0.4, 0.5) is 5.69 Å². The Morgan fingerprint density at radius 2 is 2.14 bits per heavy atom. The highest BCUT2D eigenvalue weighted by atomic mass is 16.5. The number of anilines is 1. The fourth-order valence-electron chi connectivity index (χ4n) is 2.57. The second kappa shape index (κ2) is 7.22. The Labute approximate surface area is 124 Å². The number of ether oxygens (including phenoxy) is 1. The molecule has 2 rings (SSSR count). The van der Waals surface area contributed by atoms with Crippen molar-refractivity contribution in [1.29, 1.82) is 0 Å². The van der Waals surface area contributed by atoms with Crippen LogP contribution in [0.3, 0.4) is 0 Å². The molecule has 21 heavy (non-hydrogen) atoms. The van der Waals surface area contributed by atoms with E-state index in [-0.39, 0.29) is 25.5 Å². The van der Waals surface area contributed by atoms with Crippen molar-refractivity contribution in [2.45, 2.75) is 38.7 Å². The van der Waals surface area contributed by atoms with E-state index in [1.165, 1.54) is 0 Å². The topological polar surface area (TPSA) is 66.8 Å². The van der Waals surface area contributed by atoms with E-state index in [2.05, 4.69) is 0 Å². The second-order valence-corrected chi connectivity index (χ2v) is 5.15. The van der Waals surface area contributed by atoms with Gasteiger partial charge in [-0.1, -0.05) is 18.2 Å². The van der Waals surface area contributed by atoms with Gasteiger partial charge in [-0.25, -0.2) is 0 Å². The first kappa shape index (κ1) is 15.5. The predicted octanol–water partition coefficient (Wildman–Crippen LogP) is 1.67. The summed E-state index contributed by atoms with van der Waals surface area (Å²) in [5, 5.41) is 10.0. The molecule has 1 heterocycles. The highest BCUT2D eigenvalue weighted by Gasteiger charge is 2.25. The number of fused-ring (bicyclic) bond motifs is 1. The summed E-state index contributed by atoms with van der Waals surface area (Å²) in [6.07, 6.45) is 1.10. The van der Waals surface area contributed by atoms with Crippen molar-refractivity contribution < 1.29 is 19.4 Å². The lowest BCUT2D eigenvalue weighted by Gasteiger charge is -2.25. The molecule has 1 aliphatic rings. The minimum absolute atomic E-state index is 0.0112. The first-order valence-corrected chi connectivity index (χ1v) is 7.33. The lowest BCUT2D eigenvalue weighted by molar-refractivity contribution is -0.145. The number of amides is 1. The van der Waals surface area contributed by atoms with Gasteiger partial charge in [-0.2, -0.15) is 0 Å². The van der Waals surface area contributed by atoms with Crippen LogP contribution >= 0.6 is 0 Å². The number of aliphatic hydroxyl groups excluding tert-OH is 1. The van der Waals surface area contributed by atoms with Gasteiger partial charge in [0.1, 0.15) is 0 Å².